The van der Waals surface area contributed by atoms with Crippen molar-refractivity contribution in [3.63, 3.8) is 0 Å². The number of fused-ring (bicyclic) bond motifs is 1. The largest absolute Gasteiger partial charge is 0.391 e. The van der Waals surface area contributed by atoms with Crippen LogP contribution in [0.1, 0.15) is 12.8 Å². The fraction of sp³-hybridized carbons (Fsp3) is 0.357. The summed E-state index contributed by atoms with van der Waals surface area (Å²) in [6, 6.07) is 6.75. The number of nitro groups is 1. The molecule has 0 aliphatic heterocycles. The average molecular weight is 273 g/mol. The van der Waals surface area contributed by atoms with Gasteiger partial charge in [-0.05, 0) is 43.0 Å². The molecule has 1 aliphatic carbocycles. The summed E-state index contributed by atoms with van der Waals surface area (Å²) in [5, 5.41) is 24.6. The van der Waals surface area contributed by atoms with Crippen LogP contribution in [-0.4, -0.2) is 27.7 Å². The minimum absolute atomic E-state index is 0.0126. The standard InChI is InChI=1S/C14H15N3O3/c18-13(9-3-4-9)8-16-12-6-5-11-10(2-1-7-15-11)14(12)17(19)20/h1-2,5-7,9,13,16,18H,3-4,8H2/t13-/m0/s1. The van der Waals surface area contributed by atoms with E-state index in [2.05, 4.69) is 10.3 Å². The quantitative estimate of drug-likeness (QED) is 0.644. The van der Waals surface area contributed by atoms with E-state index in [1.54, 1.807) is 30.5 Å². The number of hydrogen-bond acceptors (Lipinski definition) is 5. The fourth-order valence-electron chi connectivity index (χ4n) is 2.34. The Bertz CT molecular complexity index is 655. The minimum atomic E-state index is -0.445. The van der Waals surface area contributed by atoms with Crippen molar-refractivity contribution in [3.8, 4) is 0 Å². The lowest BCUT2D eigenvalue weighted by Crippen LogP contribution is -2.21. The maximum atomic E-state index is 11.3. The summed E-state index contributed by atoms with van der Waals surface area (Å²) in [7, 11) is 0. The van der Waals surface area contributed by atoms with Gasteiger partial charge in [0.2, 0.25) is 0 Å². The number of nitrogens with one attached hydrogen (secondary N) is 1. The van der Waals surface area contributed by atoms with Crippen molar-refractivity contribution in [1.29, 1.82) is 0 Å². The Morgan fingerprint density at radius 2 is 2.25 bits per heavy atom. The number of anilines is 1. The van der Waals surface area contributed by atoms with Gasteiger partial charge in [-0.3, -0.25) is 15.1 Å². The van der Waals surface area contributed by atoms with Gasteiger partial charge in [0.25, 0.3) is 0 Å². The zero-order chi connectivity index (χ0) is 14.1. The van der Waals surface area contributed by atoms with Crippen molar-refractivity contribution >= 4 is 22.3 Å². The summed E-state index contributed by atoms with van der Waals surface area (Å²) < 4.78 is 0. The Labute approximate surface area is 115 Å². The van der Waals surface area contributed by atoms with Crippen LogP contribution in [0.2, 0.25) is 0 Å². The van der Waals surface area contributed by atoms with Gasteiger partial charge in [0.15, 0.2) is 0 Å². The first kappa shape index (κ1) is 12.8. The molecule has 0 unspecified atom stereocenters. The van der Waals surface area contributed by atoms with Crippen molar-refractivity contribution in [2.45, 2.75) is 18.9 Å². The molecule has 0 radical (unpaired) electrons. The second kappa shape index (κ2) is 5.05. The second-order valence-corrected chi connectivity index (χ2v) is 5.07. The van der Waals surface area contributed by atoms with Crippen LogP contribution < -0.4 is 5.32 Å². The number of nitrogens with zero attached hydrogens (tertiary/aromatic N) is 2. The SMILES string of the molecule is O=[N+]([O-])c1c(NC[C@H](O)C2CC2)ccc2ncccc12. The Balaban J connectivity index is 1.92. The van der Waals surface area contributed by atoms with Crippen molar-refractivity contribution in [2.75, 3.05) is 11.9 Å². The number of aliphatic hydroxyl groups excluding tert-OH is 1. The van der Waals surface area contributed by atoms with E-state index in [1.165, 1.54) is 0 Å². The molecule has 1 atom stereocenters. The topological polar surface area (TPSA) is 88.3 Å². The Morgan fingerprint density at radius 1 is 1.45 bits per heavy atom. The first-order valence-electron chi connectivity index (χ1n) is 6.61. The zero-order valence-electron chi connectivity index (χ0n) is 10.8. The fourth-order valence-corrected chi connectivity index (χ4v) is 2.34. The van der Waals surface area contributed by atoms with Gasteiger partial charge in [0.05, 0.1) is 21.9 Å². The molecule has 1 heterocycles. The molecule has 2 N–H and O–H groups in total. The summed E-state index contributed by atoms with van der Waals surface area (Å²) >= 11 is 0. The third-order valence-electron chi connectivity index (χ3n) is 3.61. The van der Waals surface area contributed by atoms with Crippen molar-refractivity contribution in [2.24, 2.45) is 5.92 Å². The lowest BCUT2D eigenvalue weighted by molar-refractivity contribution is -0.382. The molecule has 1 aromatic carbocycles. The molecule has 0 spiro atoms. The van der Waals surface area contributed by atoms with Crippen molar-refractivity contribution < 1.29 is 10.0 Å². The predicted octanol–water partition coefficient (Wildman–Crippen LogP) is 2.33. The normalized spacial score (nSPS) is 16.1. The van der Waals surface area contributed by atoms with E-state index >= 15 is 0 Å². The minimum Gasteiger partial charge on any atom is -0.391 e. The number of nitro benzene ring substituents is 1. The van der Waals surface area contributed by atoms with Crippen molar-refractivity contribution in [1.82, 2.24) is 4.98 Å². The van der Waals surface area contributed by atoms with Gasteiger partial charge in [-0.25, -0.2) is 0 Å². The number of hydrogen-bond donors (Lipinski definition) is 2. The lowest BCUT2D eigenvalue weighted by Gasteiger charge is -2.12. The summed E-state index contributed by atoms with van der Waals surface area (Å²) in [5.74, 6) is 0.337. The van der Waals surface area contributed by atoms with Crippen molar-refractivity contribution in [3.05, 3.63) is 40.6 Å². The molecule has 2 aromatic rings. The molecule has 0 amide bonds. The smallest absolute Gasteiger partial charge is 0.301 e. The maximum Gasteiger partial charge on any atom is 0.301 e. The van der Waals surface area contributed by atoms with Crippen LogP contribution in [0.15, 0.2) is 30.5 Å². The first-order chi connectivity index (χ1) is 9.66. The van der Waals surface area contributed by atoms with E-state index in [1.807, 2.05) is 0 Å². The summed E-state index contributed by atoms with van der Waals surface area (Å²) in [6.07, 6.45) is 3.23. The molecular formula is C14H15N3O3. The number of benzene rings is 1. The molecule has 1 aromatic heterocycles. The molecule has 0 saturated heterocycles. The third kappa shape index (κ3) is 2.42. The maximum absolute atomic E-state index is 11.3. The second-order valence-electron chi connectivity index (χ2n) is 5.07. The van der Waals surface area contributed by atoms with Gasteiger partial charge < -0.3 is 10.4 Å². The molecule has 104 valence electrons. The summed E-state index contributed by atoms with van der Waals surface area (Å²) in [4.78, 5) is 15.0. The van der Waals surface area contributed by atoms with E-state index in [4.69, 9.17) is 0 Å². The van der Waals surface area contributed by atoms with E-state index < -0.39 is 11.0 Å². The number of aromatic nitrogens is 1. The lowest BCUT2D eigenvalue weighted by atomic mass is 10.1. The molecule has 1 fully saturated rings. The summed E-state index contributed by atoms with van der Waals surface area (Å²) in [6.45, 7) is 0.331. The van der Waals surface area contributed by atoms with Gasteiger partial charge in [-0.2, -0.15) is 0 Å². The zero-order valence-corrected chi connectivity index (χ0v) is 10.8. The van der Waals surface area contributed by atoms with E-state index in [0.717, 1.165) is 12.8 Å². The highest BCUT2D eigenvalue weighted by Crippen LogP contribution is 2.35. The molecule has 1 saturated carbocycles. The molecule has 0 bridgehead atoms. The molecule has 6 nitrogen and oxygen atoms in total. The average Bonchev–Trinajstić information content (AvgIpc) is 3.28. The molecule has 20 heavy (non-hydrogen) atoms. The van der Waals surface area contributed by atoms with Gasteiger partial charge in [0, 0.05) is 12.7 Å². The van der Waals surface area contributed by atoms with Gasteiger partial charge in [0.1, 0.15) is 5.69 Å². The molecule has 6 heteroatoms. The van der Waals surface area contributed by atoms with Gasteiger partial charge in [-0.1, -0.05) is 0 Å². The molecule has 1 aliphatic rings. The van der Waals surface area contributed by atoms with Crippen LogP contribution in [0.3, 0.4) is 0 Å². The molecule has 3 rings (SSSR count). The number of rotatable bonds is 5. The van der Waals surface area contributed by atoms with Crippen LogP contribution in [0.5, 0.6) is 0 Å². The van der Waals surface area contributed by atoms with Gasteiger partial charge >= 0.3 is 5.69 Å². The monoisotopic (exact) mass is 273 g/mol. The first-order valence-corrected chi connectivity index (χ1v) is 6.61. The van der Waals surface area contributed by atoms with Crippen LogP contribution >= 0.6 is 0 Å². The van der Waals surface area contributed by atoms with Crippen LogP contribution in [0, 0.1) is 16.0 Å². The third-order valence-corrected chi connectivity index (χ3v) is 3.61. The Morgan fingerprint density at radius 3 is 2.95 bits per heavy atom. The molecular weight excluding hydrogens is 258 g/mol. The Hall–Kier alpha value is -2.21. The Kier molecular flexibility index (Phi) is 3.23. The van der Waals surface area contributed by atoms with E-state index in [9.17, 15) is 15.2 Å². The number of aliphatic hydroxyl groups is 1. The van der Waals surface area contributed by atoms with E-state index in [0.29, 0.717) is 29.1 Å². The highest BCUT2D eigenvalue weighted by atomic mass is 16.6. The van der Waals surface area contributed by atoms with Gasteiger partial charge in [-0.15, -0.1) is 0 Å². The number of pyridine rings is 1. The highest BCUT2D eigenvalue weighted by molar-refractivity contribution is 5.94. The van der Waals surface area contributed by atoms with Crippen LogP contribution in [0.25, 0.3) is 10.9 Å². The summed E-state index contributed by atoms with van der Waals surface area (Å²) in [5.41, 5.74) is 1.03. The van der Waals surface area contributed by atoms with E-state index in [-0.39, 0.29) is 5.69 Å². The highest BCUT2D eigenvalue weighted by Gasteiger charge is 2.30. The predicted molar refractivity (Wildman–Crippen MR) is 75.6 cm³/mol. The van der Waals surface area contributed by atoms with Crippen LogP contribution in [-0.2, 0) is 0 Å². The van der Waals surface area contributed by atoms with Crippen LogP contribution in [0.4, 0.5) is 11.4 Å².